The third kappa shape index (κ3) is 12.5. The van der Waals surface area contributed by atoms with E-state index in [-0.39, 0.29) is 44.0 Å². The van der Waals surface area contributed by atoms with Crippen LogP contribution in [-0.4, -0.2) is 68.0 Å². The molecule has 1 aliphatic carbocycles. The third-order valence-electron chi connectivity index (χ3n) is 7.89. The highest BCUT2D eigenvalue weighted by Gasteiger charge is 2.27. The van der Waals surface area contributed by atoms with Crippen LogP contribution in [0.15, 0.2) is 66.8 Å². The van der Waals surface area contributed by atoms with Gasteiger partial charge in [0, 0.05) is 12.5 Å². The van der Waals surface area contributed by atoms with Crippen LogP contribution in [0.5, 0.6) is 11.5 Å². The molecule has 0 aliphatic heterocycles. The number of rotatable bonds is 18. The van der Waals surface area contributed by atoms with E-state index < -0.39 is 37.7 Å². The van der Waals surface area contributed by atoms with Gasteiger partial charge in [0.1, 0.15) is 37.9 Å². The van der Waals surface area contributed by atoms with Crippen molar-refractivity contribution >= 4 is 11.9 Å². The summed E-state index contributed by atoms with van der Waals surface area (Å²) in [6.07, 6.45) is 0.955. The zero-order chi connectivity index (χ0) is 33.5. The molecule has 1 fully saturated rings. The number of carbonyl (C=O) groups excluding carboxylic acids is 2. The van der Waals surface area contributed by atoms with Crippen molar-refractivity contribution in [3.63, 3.8) is 0 Å². The van der Waals surface area contributed by atoms with Gasteiger partial charge in [-0.1, -0.05) is 50.3 Å². The minimum Gasteiger partial charge on any atom is -0.490 e. The van der Waals surface area contributed by atoms with Crippen LogP contribution in [0.4, 0.5) is 13.2 Å². The summed E-state index contributed by atoms with van der Waals surface area (Å²) in [7, 11) is 0. The molecule has 1 saturated carbocycles. The molecule has 11 heteroatoms. The molecular weight excluding hydrogens is 605 g/mol. The molecule has 46 heavy (non-hydrogen) atoms. The molecule has 2 aromatic rings. The lowest BCUT2D eigenvalue weighted by Crippen LogP contribution is -2.15. The first kappa shape index (κ1) is 36.6. The second kappa shape index (κ2) is 18.3. The number of halogens is 3. The Morgan fingerprint density at radius 1 is 0.739 bits per heavy atom. The summed E-state index contributed by atoms with van der Waals surface area (Å²) in [5, 5.41) is 18.0. The number of aliphatic hydroxyl groups is 2. The number of hydrogen-bond acceptors (Lipinski definition) is 8. The summed E-state index contributed by atoms with van der Waals surface area (Å²) in [4.78, 5) is 23.5. The summed E-state index contributed by atoms with van der Waals surface area (Å²) in [6, 6.07) is 13.5. The standard InChI is InChI=1S/C35H43F3O8/c1-24(22-39)33(41)45-17-15-43-31-19-30(20-32(21-31)44-16-18-46-34(42)25(2)23-40)29-12-10-28(11-13-29)27-8-6-26(7-9-27)5-3-4-14-35(36,37)38/h10-13,19-21,26-27,39-40H,1-9,14-18,22-23H2. The third-order valence-corrected chi connectivity index (χ3v) is 7.89. The predicted octanol–water partition coefficient (Wildman–Crippen LogP) is 6.69. The smallest absolute Gasteiger partial charge is 0.389 e. The lowest BCUT2D eigenvalue weighted by molar-refractivity contribution is -0.141. The molecule has 0 atom stereocenters. The van der Waals surface area contributed by atoms with Crippen molar-refractivity contribution in [3.8, 4) is 22.6 Å². The normalized spacial score (nSPS) is 16.4. The maximum Gasteiger partial charge on any atom is 0.389 e. The quantitative estimate of drug-likeness (QED) is 0.105. The van der Waals surface area contributed by atoms with Crippen LogP contribution in [-0.2, 0) is 19.1 Å². The van der Waals surface area contributed by atoms with E-state index in [1.165, 1.54) is 5.56 Å². The maximum absolute atomic E-state index is 12.4. The van der Waals surface area contributed by atoms with Crippen LogP contribution in [0.3, 0.4) is 0 Å². The second-order valence-corrected chi connectivity index (χ2v) is 11.4. The fourth-order valence-electron chi connectivity index (χ4n) is 5.32. The van der Waals surface area contributed by atoms with E-state index in [1.807, 2.05) is 24.3 Å². The molecule has 0 unspecified atom stereocenters. The number of ether oxygens (including phenoxy) is 4. The Bertz CT molecular complexity index is 1240. The molecule has 3 rings (SSSR count). The number of benzene rings is 2. The average molecular weight is 649 g/mol. The first-order valence-electron chi connectivity index (χ1n) is 15.5. The minimum atomic E-state index is -4.08. The van der Waals surface area contributed by atoms with Crippen molar-refractivity contribution in [1.29, 1.82) is 0 Å². The van der Waals surface area contributed by atoms with Crippen molar-refractivity contribution in [2.75, 3.05) is 39.6 Å². The van der Waals surface area contributed by atoms with Gasteiger partial charge in [-0.3, -0.25) is 0 Å². The van der Waals surface area contributed by atoms with Crippen LogP contribution in [0.2, 0.25) is 0 Å². The van der Waals surface area contributed by atoms with Gasteiger partial charge >= 0.3 is 18.1 Å². The van der Waals surface area contributed by atoms with Crippen molar-refractivity contribution in [3.05, 3.63) is 72.3 Å². The number of unbranched alkanes of at least 4 members (excludes halogenated alkanes) is 1. The molecule has 2 N–H and O–H groups in total. The Hall–Kier alpha value is -3.83. The molecular formula is C35H43F3O8. The van der Waals surface area contributed by atoms with Gasteiger partial charge in [0.2, 0.25) is 0 Å². The van der Waals surface area contributed by atoms with Gasteiger partial charge in [0.05, 0.1) is 24.4 Å². The van der Waals surface area contributed by atoms with E-state index in [1.54, 1.807) is 6.07 Å². The summed E-state index contributed by atoms with van der Waals surface area (Å²) in [5.74, 6) is 0.372. The lowest BCUT2D eigenvalue weighted by atomic mass is 9.77. The van der Waals surface area contributed by atoms with E-state index >= 15 is 0 Å². The van der Waals surface area contributed by atoms with Crippen molar-refractivity contribution in [1.82, 2.24) is 0 Å². The fraction of sp³-hybridized carbons (Fsp3) is 0.486. The van der Waals surface area contributed by atoms with Crippen LogP contribution >= 0.6 is 0 Å². The van der Waals surface area contributed by atoms with Gasteiger partial charge in [0.25, 0.3) is 0 Å². The number of alkyl halides is 3. The topological polar surface area (TPSA) is 112 Å². The predicted molar refractivity (Wildman–Crippen MR) is 166 cm³/mol. The van der Waals surface area contributed by atoms with Crippen LogP contribution in [0, 0.1) is 5.92 Å². The van der Waals surface area contributed by atoms with Gasteiger partial charge < -0.3 is 29.2 Å². The highest BCUT2D eigenvalue weighted by Crippen LogP contribution is 2.39. The van der Waals surface area contributed by atoms with Crippen molar-refractivity contribution in [2.45, 2.75) is 63.5 Å². The van der Waals surface area contributed by atoms with E-state index in [9.17, 15) is 22.8 Å². The lowest BCUT2D eigenvalue weighted by Gasteiger charge is -2.29. The minimum absolute atomic E-state index is 0.0398. The van der Waals surface area contributed by atoms with Gasteiger partial charge in [-0.25, -0.2) is 9.59 Å². The molecule has 252 valence electrons. The summed E-state index contributed by atoms with van der Waals surface area (Å²) in [6.45, 7) is 5.81. The molecule has 0 bridgehead atoms. The first-order chi connectivity index (χ1) is 22.0. The maximum atomic E-state index is 12.4. The Labute approximate surface area is 267 Å². The molecule has 0 saturated heterocycles. The van der Waals surface area contributed by atoms with Crippen LogP contribution in [0.1, 0.15) is 62.8 Å². The molecule has 8 nitrogen and oxygen atoms in total. The number of esters is 2. The molecule has 1 aliphatic rings. The van der Waals surface area contributed by atoms with Gasteiger partial charge in [0.15, 0.2) is 0 Å². The monoisotopic (exact) mass is 648 g/mol. The molecule has 0 heterocycles. The fourth-order valence-corrected chi connectivity index (χ4v) is 5.32. The van der Waals surface area contributed by atoms with Gasteiger partial charge in [-0.2, -0.15) is 13.2 Å². The van der Waals surface area contributed by atoms with Crippen LogP contribution < -0.4 is 9.47 Å². The van der Waals surface area contributed by atoms with Crippen LogP contribution in [0.25, 0.3) is 11.1 Å². The second-order valence-electron chi connectivity index (χ2n) is 11.4. The zero-order valence-corrected chi connectivity index (χ0v) is 26.0. The zero-order valence-electron chi connectivity index (χ0n) is 26.0. The Kier molecular flexibility index (Phi) is 14.6. The van der Waals surface area contributed by atoms with E-state index in [2.05, 4.69) is 25.3 Å². The highest BCUT2D eigenvalue weighted by atomic mass is 19.4. The molecule has 0 aromatic heterocycles. The number of hydrogen-bond donors (Lipinski definition) is 2. The summed E-state index contributed by atoms with van der Waals surface area (Å²) in [5.41, 5.74) is 2.82. The van der Waals surface area contributed by atoms with E-state index in [4.69, 9.17) is 29.2 Å². The average Bonchev–Trinajstić information content (AvgIpc) is 3.06. The highest BCUT2D eigenvalue weighted by molar-refractivity contribution is 5.88. The molecule has 0 amide bonds. The summed E-state index contributed by atoms with van der Waals surface area (Å²) >= 11 is 0. The van der Waals surface area contributed by atoms with Crippen molar-refractivity contribution < 1.29 is 51.9 Å². The first-order valence-corrected chi connectivity index (χ1v) is 15.5. The van der Waals surface area contributed by atoms with Gasteiger partial charge in [-0.05, 0) is 72.8 Å². The van der Waals surface area contributed by atoms with Gasteiger partial charge in [-0.15, -0.1) is 0 Å². The number of carbonyl (C=O) groups is 2. The van der Waals surface area contributed by atoms with Crippen molar-refractivity contribution in [2.24, 2.45) is 5.92 Å². The molecule has 2 aromatic carbocycles. The Morgan fingerprint density at radius 3 is 1.74 bits per heavy atom. The molecule has 0 spiro atoms. The van der Waals surface area contributed by atoms with E-state index in [0.29, 0.717) is 29.8 Å². The summed E-state index contributed by atoms with van der Waals surface area (Å²) < 4.78 is 58.9. The Morgan fingerprint density at radius 2 is 1.26 bits per heavy atom. The van der Waals surface area contributed by atoms with E-state index in [0.717, 1.165) is 43.2 Å². The molecule has 0 radical (unpaired) electrons. The SMILES string of the molecule is C=C(CO)C(=O)OCCOc1cc(OCCOC(=O)C(=C)CO)cc(-c2ccc(C3CCC(CCCCC(F)(F)F)CC3)cc2)c1. The largest absolute Gasteiger partial charge is 0.490 e. The Balaban J connectivity index is 1.61. The number of aliphatic hydroxyl groups excluding tert-OH is 2.